The minimum atomic E-state index is -1.67. The number of allylic oxidation sites excluding steroid dienone is 4. The Hall–Kier alpha value is -1.41. The predicted octanol–water partition coefficient (Wildman–Crippen LogP) is 10.6. The Morgan fingerprint density at radius 3 is 1.37 bits per heavy atom. The number of hydrogen-bond donors (Lipinski definition) is 8. The minimum Gasteiger partial charge on any atom is -0.394 e. The van der Waals surface area contributed by atoms with Crippen molar-refractivity contribution < 1.29 is 50.0 Å². The fraction of sp³-hybridized carbons (Fsp3) is 0.907. The Labute approximate surface area is 397 Å². The highest BCUT2D eigenvalue weighted by molar-refractivity contribution is 5.80. The molecule has 0 aromatic rings. The van der Waals surface area contributed by atoms with Gasteiger partial charge < -0.3 is 50.5 Å². The van der Waals surface area contributed by atoms with Gasteiger partial charge in [-0.25, -0.2) is 0 Å². The van der Waals surface area contributed by atoms with Crippen LogP contribution >= 0.6 is 0 Å². The summed E-state index contributed by atoms with van der Waals surface area (Å²) >= 11 is 0. The summed E-state index contributed by atoms with van der Waals surface area (Å²) in [5.74, 6) is -0.717. The number of unbranched alkanes of at least 4 members (excludes halogenated alkanes) is 30. The number of carbonyl (C=O) groups is 1. The van der Waals surface area contributed by atoms with Gasteiger partial charge in [0, 0.05) is 0 Å². The summed E-state index contributed by atoms with van der Waals surface area (Å²) in [6.45, 7) is 3.39. The molecule has 1 fully saturated rings. The zero-order valence-electron chi connectivity index (χ0n) is 41.7. The molecule has 65 heavy (non-hydrogen) atoms. The fourth-order valence-corrected chi connectivity index (χ4v) is 8.72. The molecule has 1 rings (SSSR count). The van der Waals surface area contributed by atoms with Gasteiger partial charge in [0.25, 0.3) is 0 Å². The molecule has 11 nitrogen and oxygen atoms in total. The van der Waals surface area contributed by atoms with Crippen LogP contribution in [-0.2, 0) is 14.3 Å². The third kappa shape index (κ3) is 32.9. The Kier molecular flexibility index (Phi) is 41.6. The summed E-state index contributed by atoms with van der Waals surface area (Å²) in [6.07, 6.45) is 39.8. The molecule has 1 aliphatic rings. The van der Waals surface area contributed by atoms with E-state index in [-0.39, 0.29) is 12.8 Å². The lowest BCUT2D eigenvalue weighted by molar-refractivity contribution is -0.303. The van der Waals surface area contributed by atoms with Crippen LogP contribution in [0.5, 0.6) is 0 Å². The van der Waals surface area contributed by atoms with E-state index in [0.29, 0.717) is 12.8 Å². The summed E-state index contributed by atoms with van der Waals surface area (Å²) < 4.78 is 11.1. The number of carbonyl (C=O) groups excluding carboxylic acids is 1. The molecule has 0 aromatic heterocycles. The van der Waals surface area contributed by atoms with Crippen molar-refractivity contribution in [2.45, 2.75) is 300 Å². The smallest absolute Gasteiger partial charge is 0.249 e. The van der Waals surface area contributed by atoms with Gasteiger partial charge in [0.05, 0.1) is 25.4 Å². The molecule has 0 aromatic carbocycles. The van der Waals surface area contributed by atoms with Crippen molar-refractivity contribution in [3.63, 3.8) is 0 Å². The highest BCUT2D eigenvalue weighted by Crippen LogP contribution is 2.23. The van der Waals surface area contributed by atoms with Gasteiger partial charge in [0.1, 0.15) is 36.6 Å². The maximum absolute atomic E-state index is 13.1. The number of aliphatic hydroxyl groups excluding tert-OH is 7. The van der Waals surface area contributed by atoms with E-state index in [2.05, 4.69) is 43.5 Å². The molecule has 384 valence electrons. The van der Waals surface area contributed by atoms with Crippen molar-refractivity contribution >= 4 is 5.91 Å². The Balaban J connectivity index is 2.26. The van der Waals surface area contributed by atoms with Crippen molar-refractivity contribution in [2.75, 3.05) is 13.2 Å². The van der Waals surface area contributed by atoms with E-state index in [1.807, 2.05) is 0 Å². The van der Waals surface area contributed by atoms with Crippen LogP contribution in [0.4, 0.5) is 0 Å². The zero-order chi connectivity index (χ0) is 47.6. The van der Waals surface area contributed by atoms with Gasteiger partial charge in [-0.05, 0) is 57.8 Å². The van der Waals surface area contributed by atoms with Crippen LogP contribution in [-0.4, -0.2) is 110 Å². The standard InChI is InChI=1S/C54H103NO10/c1-3-5-7-9-11-13-15-16-17-18-19-20-21-22-23-24-25-26-27-28-29-30-31-32-34-35-37-39-41-46(57)49(59)45(44-64-54-52(62)51(61)50(60)48(43-56)65-54)55-53(63)47(58)42-40-38-36-33-14-12-10-8-6-4-2/h10,12,34-35,45-52,54,56-62H,3-9,11,13-33,36-44H2,1-2H3,(H,55,63)/b12-10-,35-34+. The largest absolute Gasteiger partial charge is 0.394 e. The topological polar surface area (TPSA) is 189 Å². The quantitative estimate of drug-likeness (QED) is 0.0216. The van der Waals surface area contributed by atoms with E-state index in [1.54, 1.807) is 0 Å². The number of hydrogen-bond acceptors (Lipinski definition) is 10. The van der Waals surface area contributed by atoms with Gasteiger partial charge in [0.15, 0.2) is 6.29 Å². The summed E-state index contributed by atoms with van der Waals surface area (Å²) in [4.78, 5) is 13.1. The molecule has 9 atom stereocenters. The maximum Gasteiger partial charge on any atom is 0.249 e. The van der Waals surface area contributed by atoms with Crippen LogP contribution < -0.4 is 5.32 Å². The van der Waals surface area contributed by atoms with Crippen LogP contribution in [0.25, 0.3) is 0 Å². The first-order chi connectivity index (χ1) is 31.7. The van der Waals surface area contributed by atoms with Crippen LogP contribution in [0.2, 0.25) is 0 Å². The maximum atomic E-state index is 13.1. The van der Waals surface area contributed by atoms with E-state index in [9.17, 15) is 40.5 Å². The lowest BCUT2D eigenvalue weighted by atomic mass is 9.98. The van der Waals surface area contributed by atoms with Gasteiger partial charge in [-0.2, -0.15) is 0 Å². The highest BCUT2D eigenvalue weighted by Gasteiger charge is 2.44. The predicted molar refractivity (Wildman–Crippen MR) is 266 cm³/mol. The number of ether oxygens (including phenoxy) is 2. The molecule has 0 radical (unpaired) electrons. The number of amides is 1. The lowest BCUT2D eigenvalue weighted by Crippen LogP contribution is -2.60. The van der Waals surface area contributed by atoms with Crippen LogP contribution in [0.3, 0.4) is 0 Å². The lowest BCUT2D eigenvalue weighted by Gasteiger charge is -2.40. The SMILES string of the molecule is CCCC/C=C\CCCCCCC(O)C(=O)NC(COC1OC(CO)C(O)C(O)C1O)C(O)C(O)CCC/C=C/CCCCCCCCCCCCCCCCCCCCCCCCC. The number of rotatable bonds is 46. The van der Waals surface area contributed by atoms with Crippen molar-refractivity contribution in [3.05, 3.63) is 24.3 Å². The molecule has 0 aliphatic carbocycles. The Morgan fingerprint density at radius 2 is 0.923 bits per heavy atom. The van der Waals surface area contributed by atoms with E-state index >= 15 is 0 Å². The van der Waals surface area contributed by atoms with Crippen LogP contribution in [0.1, 0.15) is 245 Å². The van der Waals surface area contributed by atoms with E-state index in [4.69, 9.17) is 9.47 Å². The molecular formula is C54H103NO10. The van der Waals surface area contributed by atoms with Crippen molar-refractivity contribution in [1.82, 2.24) is 5.32 Å². The molecule has 1 heterocycles. The molecule has 1 aliphatic heterocycles. The van der Waals surface area contributed by atoms with Gasteiger partial charge in [-0.1, -0.05) is 212 Å². The van der Waals surface area contributed by atoms with E-state index < -0.39 is 74.2 Å². The second-order valence-electron chi connectivity index (χ2n) is 19.3. The van der Waals surface area contributed by atoms with E-state index in [1.165, 1.54) is 154 Å². The molecule has 0 saturated carbocycles. The van der Waals surface area contributed by atoms with Gasteiger partial charge in [-0.15, -0.1) is 0 Å². The van der Waals surface area contributed by atoms with Crippen LogP contribution in [0, 0.1) is 0 Å². The van der Waals surface area contributed by atoms with Crippen molar-refractivity contribution in [3.8, 4) is 0 Å². The van der Waals surface area contributed by atoms with Gasteiger partial charge >= 0.3 is 0 Å². The summed E-state index contributed by atoms with van der Waals surface area (Å²) in [5, 5.41) is 75.7. The molecule has 0 spiro atoms. The average molecular weight is 926 g/mol. The van der Waals surface area contributed by atoms with Crippen molar-refractivity contribution in [2.24, 2.45) is 0 Å². The Bertz CT molecular complexity index is 1110. The van der Waals surface area contributed by atoms with E-state index in [0.717, 1.165) is 51.4 Å². The minimum absolute atomic E-state index is 0.239. The summed E-state index contributed by atoms with van der Waals surface area (Å²) in [7, 11) is 0. The monoisotopic (exact) mass is 926 g/mol. The summed E-state index contributed by atoms with van der Waals surface area (Å²) in [6, 6.07) is -1.19. The second kappa shape index (κ2) is 43.8. The number of aliphatic hydroxyl groups is 7. The fourth-order valence-electron chi connectivity index (χ4n) is 8.72. The molecule has 8 N–H and O–H groups in total. The Morgan fingerprint density at radius 1 is 0.523 bits per heavy atom. The first kappa shape index (κ1) is 61.6. The molecular weight excluding hydrogens is 823 g/mol. The first-order valence-electron chi connectivity index (χ1n) is 27.2. The van der Waals surface area contributed by atoms with Crippen LogP contribution in [0.15, 0.2) is 24.3 Å². The highest BCUT2D eigenvalue weighted by atomic mass is 16.7. The first-order valence-corrected chi connectivity index (χ1v) is 27.2. The summed E-state index contributed by atoms with van der Waals surface area (Å²) in [5.41, 5.74) is 0. The molecule has 1 amide bonds. The van der Waals surface area contributed by atoms with Gasteiger partial charge in [0.2, 0.25) is 5.91 Å². The molecule has 0 bridgehead atoms. The normalized spacial score (nSPS) is 21.0. The average Bonchev–Trinajstić information content (AvgIpc) is 3.31. The molecule has 9 unspecified atom stereocenters. The third-order valence-electron chi connectivity index (χ3n) is 13.2. The second-order valence-corrected chi connectivity index (χ2v) is 19.3. The number of nitrogens with one attached hydrogen (secondary N) is 1. The zero-order valence-corrected chi connectivity index (χ0v) is 41.7. The molecule has 11 heteroatoms. The third-order valence-corrected chi connectivity index (χ3v) is 13.2. The molecule has 1 saturated heterocycles. The van der Waals surface area contributed by atoms with Crippen molar-refractivity contribution in [1.29, 1.82) is 0 Å². The van der Waals surface area contributed by atoms with Gasteiger partial charge in [-0.3, -0.25) is 4.79 Å².